The third-order valence-corrected chi connectivity index (χ3v) is 6.69. The molecule has 1 amide bonds. The van der Waals surface area contributed by atoms with Crippen LogP contribution in [-0.4, -0.2) is 35.7 Å². The largest absolute Gasteiger partial charge is 0.493 e. The van der Waals surface area contributed by atoms with Crippen LogP contribution in [0.3, 0.4) is 0 Å². The number of anilines is 1. The second-order valence-electron chi connectivity index (χ2n) is 6.78. The molecule has 0 N–H and O–H groups in total. The van der Waals surface area contributed by atoms with E-state index in [2.05, 4.69) is 0 Å². The van der Waals surface area contributed by atoms with Crippen molar-refractivity contribution >= 4 is 33.2 Å². The fraction of sp³-hybridized carbons (Fsp3) is 0.174. The monoisotopic (exact) mass is 475 g/mol. The van der Waals surface area contributed by atoms with Crippen LogP contribution in [0.2, 0.25) is 5.02 Å². The Bertz CT molecular complexity index is 1200. The number of methoxy groups -OCH3 is 3. The van der Waals surface area contributed by atoms with E-state index >= 15 is 0 Å². The Kier molecular flexibility index (Phi) is 6.96. The molecule has 9 heteroatoms. The lowest BCUT2D eigenvalue weighted by atomic mass is 10.1. The molecule has 0 unspecified atom stereocenters. The topological polar surface area (TPSA) is 82.1 Å². The van der Waals surface area contributed by atoms with E-state index in [0.29, 0.717) is 5.02 Å². The highest BCUT2D eigenvalue weighted by Crippen LogP contribution is 2.39. The Hall–Kier alpha value is -3.23. The summed E-state index contributed by atoms with van der Waals surface area (Å²) < 4.78 is 43.8. The van der Waals surface area contributed by atoms with Crippen LogP contribution in [-0.2, 0) is 10.0 Å². The minimum Gasteiger partial charge on any atom is -0.493 e. The van der Waals surface area contributed by atoms with Gasteiger partial charge in [0.2, 0.25) is 5.75 Å². The zero-order valence-corrected chi connectivity index (χ0v) is 19.5. The summed E-state index contributed by atoms with van der Waals surface area (Å²) in [7, 11) is -0.0168. The van der Waals surface area contributed by atoms with Crippen LogP contribution in [0, 0.1) is 6.92 Å². The lowest BCUT2D eigenvalue weighted by Crippen LogP contribution is -2.37. The van der Waals surface area contributed by atoms with E-state index in [1.165, 1.54) is 57.7 Å². The molecular formula is C23H22ClNO6S. The summed E-state index contributed by atoms with van der Waals surface area (Å²) in [4.78, 5) is 13.5. The number of carbonyl (C=O) groups is 1. The summed E-state index contributed by atoms with van der Waals surface area (Å²) in [6.45, 7) is 1.86. The van der Waals surface area contributed by atoms with Gasteiger partial charge in [0.05, 0.1) is 31.9 Å². The molecule has 0 saturated carbocycles. The highest BCUT2D eigenvalue weighted by atomic mass is 35.5. The predicted molar refractivity (Wildman–Crippen MR) is 123 cm³/mol. The number of rotatable bonds is 7. The summed E-state index contributed by atoms with van der Waals surface area (Å²) in [5.41, 5.74) is 1.14. The van der Waals surface area contributed by atoms with Crippen LogP contribution in [0.1, 0.15) is 15.9 Å². The maximum absolute atomic E-state index is 13.6. The highest BCUT2D eigenvalue weighted by Gasteiger charge is 2.33. The number of amides is 1. The molecule has 0 aromatic heterocycles. The average Bonchev–Trinajstić information content (AvgIpc) is 2.79. The second-order valence-corrected chi connectivity index (χ2v) is 9.00. The Morgan fingerprint density at radius 2 is 1.38 bits per heavy atom. The molecule has 0 aliphatic heterocycles. The summed E-state index contributed by atoms with van der Waals surface area (Å²) in [5.74, 6) is -0.0528. The molecule has 168 valence electrons. The molecule has 0 saturated heterocycles. The molecule has 0 spiro atoms. The average molecular weight is 476 g/mol. The lowest BCUT2D eigenvalue weighted by Gasteiger charge is -2.24. The van der Waals surface area contributed by atoms with E-state index in [4.69, 9.17) is 25.8 Å². The molecule has 0 fully saturated rings. The molecule has 0 aliphatic rings. The third kappa shape index (κ3) is 4.51. The van der Waals surface area contributed by atoms with Crippen LogP contribution in [0.25, 0.3) is 0 Å². The van der Waals surface area contributed by atoms with Crippen LogP contribution in [0.4, 0.5) is 5.69 Å². The first-order chi connectivity index (χ1) is 15.2. The molecule has 3 aromatic rings. The lowest BCUT2D eigenvalue weighted by molar-refractivity contribution is 0.100. The number of aryl methyl sites for hydroxylation is 1. The van der Waals surface area contributed by atoms with E-state index in [0.717, 1.165) is 9.87 Å². The quantitative estimate of drug-likeness (QED) is 0.492. The minimum atomic E-state index is -4.27. The van der Waals surface area contributed by atoms with Crippen molar-refractivity contribution < 1.29 is 27.4 Å². The Balaban J connectivity index is 2.21. The van der Waals surface area contributed by atoms with Crippen LogP contribution in [0.5, 0.6) is 17.2 Å². The summed E-state index contributed by atoms with van der Waals surface area (Å²) >= 11 is 5.91. The first-order valence-corrected chi connectivity index (χ1v) is 11.3. The zero-order chi connectivity index (χ0) is 23.5. The number of hydrogen-bond acceptors (Lipinski definition) is 6. The first kappa shape index (κ1) is 23.4. The van der Waals surface area contributed by atoms with Gasteiger partial charge in [0, 0.05) is 10.6 Å². The highest BCUT2D eigenvalue weighted by molar-refractivity contribution is 7.93. The number of halogens is 1. The van der Waals surface area contributed by atoms with Gasteiger partial charge in [-0.25, -0.2) is 8.42 Å². The number of carbonyl (C=O) groups excluding carboxylic acids is 1. The zero-order valence-electron chi connectivity index (χ0n) is 18.0. The molecule has 0 heterocycles. The van der Waals surface area contributed by atoms with Gasteiger partial charge in [0.15, 0.2) is 11.5 Å². The normalized spacial score (nSPS) is 11.0. The van der Waals surface area contributed by atoms with Crippen molar-refractivity contribution in [1.29, 1.82) is 0 Å². The van der Waals surface area contributed by atoms with Gasteiger partial charge in [-0.2, -0.15) is 4.31 Å². The fourth-order valence-electron chi connectivity index (χ4n) is 3.08. The van der Waals surface area contributed by atoms with E-state index in [9.17, 15) is 13.2 Å². The van der Waals surface area contributed by atoms with Crippen molar-refractivity contribution in [1.82, 2.24) is 0 Å². The predicted octanol–water partition coefficient (Wildman–Crippen LogP) is 4.71. The number of benzene rings is 3. The summed E-state index contributed by atoms with van der Waals surface area (Å²) in [6, 6.07) is 15.0. The van der Waals surface area contributed by atoms with Gasteiger partial charge in [-0.3, -0.25) is 4.79 Å². The van der Waals surface area contributed by atoms with Gasteiger partial charge in [-0.15, -0.1) is 0 Å². The molecule has 7 nitrogen and oxygen atoms in total. The fourth-order valence-corrected chi connectivity index (χ4v) is 4.62. The number of hydrogen-bond donors (Lipinski definition) is 0. The van der Waals surface area contributed by atoms with E-state index in [-0.39, 0.29) is 33.4 Å². The van der Waals surface area contributed by atoms with Gasteiger partial charge >= 0.3 is 0 Å². The maximum Gasteiger partial charge on any atom is 0.272 e. The van der Waals surface area contributed by atoms with Gasteiger partial charge in [-0.05, 0) is 55.5 Å². The molecule has 32 heavy (non-hydrogen) atoms. The third-order valence-electron chi connectivity index (χ3n) is 4.72. The number of nitrogens with zero attached hydrogens (tertiary/aromatic N) is 1. The molecule has 0 bridgehead atoms. The molecule has 3 rings (SSSR count). The summed E-state index contributed by atoms with van der Waals surface area (Å²) in [5, 5.41) is 0.377. The van der Waals surface area contributed by atoms with E-state index < -0.39 is 15.9 Å². The van der Waals surface area contributed by atoms with Crippen LogP contribution >= 0.6 is 11.6 Å². The molecule has 0 aliphatic carbocycles. The Morgan fingerprint density at radius 3 is 1.84 bits per heavy atom. The minimum absolute atomic E-state index is 0.0395. The van der Waals surface area contributed by atoms with Gasteiger partial charge < -0.3 is 14.2 Å². The van der Waals surface area contributed by atoms with Crippen molar-refractivity contribution in [2.24, 2.45) is 0 Å². The van der Waals surface area contributed by atoms with E-state index in [1.807, 2.05) is 6.92 Å². The second kappa shape index (κ2) is 9.50. The Labute approximate surface area is 192 Å². The summed E-state index contributed by atoms with van der Waals surface area (Å²) in [6.07, 6.45) is 0. The van der Waals surface area contributed by atoms with Crippen molar-refractivity contribution in [3.05, 3.63) is 76.8 Å². The molecule has 0 atom stereocenters. The molecule has 0 radical (unpaired) electrons. The van der Waals surface area contributed by atoms with E-state index in [1.54, 1.807) is 24.3 Å². The standard InChI is InChI=1S/C23H22ClNO6S/c1-15-5-9-18(10-6-15)25(32(27,28)19-11-7-17(24)8-12-19)23(26)16-13-20(29-2)22(31-4)21(14-16)30-3/h5-14H,1-4H3. The van der Waals surface area contributed by atoms with Crippen LogP contribution < -0.4 is 18.5 Å². The number of ether oxygens (including phenoxy) is 3. The van der Waals surface area contributed by atoms with Crippen molar-refractivity contribution in [2.45, 2.75) is 11.8 Å². The Morgan fingerprint density at radius 1 is 0.844 bits per heavy atom. The first-order valence-electron chi connectivity index (χ1n) is 9.44. The van der Waals surface area contributed by atoms with Crippen molar-refractivity contribution in [3.63, 3.8) is 0 Å². The maximum atomic E-state index is 13.6. The SMILES string of the molecule is COc1cc(C(=O)N(c2ccc(C)cc2)S(=O)(=O)c2ccc(Cl)cc2)cc(OC)c1OC. The van der Waals surface area contributed by atoms with Crippen molar-refractivity contribution in [3.8, 4) is 17.2 Å². The van der Waals surface area contributed by atoms with Crippen LogP contribution in [0.15, 0.2) is 65.6 Å². The van der Waals surface area contributed by atoms with Gasteiger partial charge in [-0.1, -0.05) is 29.3 Å². The molecular weight excluding hydrogens is 454 g/mol. The number of sulfonamides is 1. The van der Waals surface area contributed by atoms with Gasteiger partial charge in [0.25, 0.3) is 15.9 Å². The smallest absolute Gasteiger partial charge is 0.272 e. The molecule has 3 aromatic carbocycles. The van der Waals surface area contributed by atoms with Crippen molar-refractivity contribution in [2.75, 3.05) is 25.6 Å². The van der Waals surface area contributed by atoms with Gasteiger partial charge in [0.1, 0.15) is 0 Å².